The Bertz CT molecular complexity index is 541. The highest BCUT2D eigenvalue weighted by molar-refractivity contribution is 7.85. The van der Waals surface area contributed by atoms with Crippen molar-refractivity contribution in [2.75, 3.05) is 20.3 Å². The maximum atomic E-state index is 10.6. The largest absolute Gasteiger partial charge is 0.362 e. The van der Waals surface area contributed by atoms with Gasteiger partial charge in [-0.1, -0.05) is 18.2 Å². The van der Waals surface area contributed by atoms with Gasteiger partial charge in [0.25, 0.3) is 10.1 Å². The van der Waals surface area contributed by atoms with E-state index >= 15 is 0 Å². The zero-order valence-corrected chi connectivity index (χ0v) is 12.3. The molecule has 0 aromatic heterocycles. The van der Waals surface area contributed by atoms with Gasteiger partial charge in [0.1, 0.15) is 0 Å². The molecule has 1 aliphatic heterocycles. The molecule has 19 heavy (non-hydrogen) atoms. The Kier molecular flexibility index (Phi) is 5.38. The first-order chi connectivity index (χ1) is 8.84. The van der Waals surface area contributed by atoms with E-state index in [1.807, 2.05) is 0 Å². The minimum absolute atomic E-state index is 0.0278. The molecule has 0 aliphatic carbocycles. The van der Waals surface area contributed by atoms with Gasteiger partial charge in [0.15, 0.2) is 0 Å². The first kappa shape index (κ1) is 15.5. The lowest BCUT2D eigenvalue weighted by molar-refractivity contribution is 0.308. The molecule has 6 heteroatoms. The fourth-order valence-electron chi connectivity index (χ4n) is 1.64. The highest BCUT2D eigenvalue weighted by Crippen LogP contribution is 2.12. The van der Waals surface area contributed by atoms with Gasteiger partial charge in [0.2, 0.25) is 0 Å². The molecule has 1 aromatic carbocycles. The molecule has 0 amide bonds. The summed E-state index contributed by atoms with van der Waals surface area (Å²) in [6.45, 7) is 5.95. The summed E-state index contributed by atoms with van der Waals surface area (Å²) in [7, 11) is -1.96. The fraction of sp³-hybridized carbons (Fsp3) is 0.385. The molecule has 1 heterocycles. The van der Waals surface area contributed by atoms with Crippen LogP contribution >= 0.6 is 0 Å². The molecule has 0 saturated heterocycles. The number of hydrogen-bond donors (Lipinski definition) is 1. The molecule has 0 fully saturated rings. The Morgan fingerprint density at radius 2 is 1.89 bits per heavy atom. The van der Waals surface area contributed by atoms with Crippen molar-refractivity contribution in [2.45, 2.75) is 18.7 Å². The molecular weight excluding hydrogens is 264 g/mol. The highest BCUT2D eigenvalue weighted by Gasteiger charge is 2.10. The van der Waals surface area contributed by atoms with Crippen LogP contribution in [0.4, 0.5) is 0 Å². The van der Waals surface area contributed by atoms with E-state index in [-0.39, 0.29) is 4.90 Å². The third-order valence-electron chi connectivity index (χ3n) is 2.71. The first-order valence-electron chi connectivity index (χ1n) is 6.00. The van der Waals surface area contributed by atoms with E-state index in [9.17, 15) is 8.42 Å². The van der Waals surface area contributed by atoms with Crippen molar-refractivity contribution < 1.29 is 13.0 Å². The van der Waals surface area contributed by atoms with Crippen LogP contribution in [0.15, 0.2) is 41.6 Å². The topological polar surface area (TPSA) is 60.9 Å². The van der Waals surface area contributed by atoms with Gasteiger partial charge >= 0.3 is 0 Å². The fourth-order valence-corrected chi connectivity index (χ4v) is 2.37. The molecule has 1 N–H and O–H groups in total. The average molecular weight is 284 g/mol. The van der Waals surface area contributed by atoms with Crippen molar-refractivity contribution in [3.8, 4) is 0 Å². The summed E-state index contributed by atoms with van der Waals surface area (Å²) in [5.41, 5.74) is 0.551. The minimum atomic E-state index is -4.03. The van der Waals surface area contributed by atoms with Gasteiger partial charge in [0, 0.05) is 26.0 Å². The normalized spacial score (nSPS) is 14.3. The van der Waals surface area contributed by atoms with E-state index in [0.717, 1.165) is 13.2 Å². The van der Waals surface area contributed by atoms with Crippen molar-refractivity contribution in [1.29, 1.82) is 0 Å². The smallest absolute Gasteiger partial charge is 0.294 e. The van der Waals surface area contributed by atoms with Crippen molar-refractivity contribution in [3.05, 3.63) is 42.2 Å². The van der Waals surface area contributed by atoms with E-state index in [2.05, 4.69) is 36.2 Å². The molecule has 0 unspecified atom stereocenters. The number of nitrogens with zero attached hydrogens (tertiary/aromatic N) is 2. The number of hydrogen-bond acceptors (Lipinski definition) is 4. The molecule has 5 nitrogen and oxygen atoms in total. The number of benzene rings is 1. The van der Waals surface area contributed by atoms with Crippen LogP contribution in [-0.4, -0.2) is 43.0 Å². The van der Waals surface area contributed by atoms with Crippen LogP contribution in [-0.2, 0) is 10.1 Å². The lowest BCUT2D eigenvalue weighted by atomic mass is 10.2. The number of aryl methyl sites for hydroxylation is 1. The zero-order chi connectivity index (χ0) is 14.5. The van der Waals surface area contributed by atoms with Crippen molar-refractivity contribution >= 4 is 10.1 Å². The van der Waals surface area contributed by atoms with Crippen molar-refractivity contribution in [3.63, 3.8) is 0 Å². The molecule has 0 radical (unpaired) electrons. The van der Waals surface area contributed by atoms with E-state index < -0.39 is 10.1 Å². The Balaban J connectivity index is 0.000000200. The summed E-state index contributed by atoms with van der Waals surface area (Å²) < 4.78 is 29.9. The summed E-state index contributed by atoms with van der Waals surface area (Å²) in [6.07, 6.45) is 4.20. The number of rotatable bonds is 2. The predicted molar refractivity (Wildman–Crippen MR) is 75.1 cm³/mol. The van der Waals surface area contributed by atoms with Gasteiger partial charge in [-0.15, -0.1) is 0 Å². The van der Waals surface area contributed by atoms with Gasteiger partial charge in [-0.2, -0.15) is 8.42 Å². The summed E-state index contributed by atoms with van der Waals surface area (Å²) in [5, 5.41) is 0. The molecule has 1 aliphatic rings. The van der Waals surface area contributed by atoms with Gasteiger partial charge in [-0.25, -0.2) is 0 Å². The van der Waals surface area contributed by atoms with Gasteiger partial charge in [-0.3, -0.25) is 4.55 Å². The second kappa shape index (κ2) is 6.58. The molecule has 1 aromatic rings. The summed E-state index contributed by atoms with van der Waals surface area (Å²) >= 11 is 0. The Morgan fingerprint density at radius 3 is 2.21 bits per heavy atom. The highest BCUT2D eigenvalue weighted by atomic mass is 32.2. The van der Waals surface area contributed by atoms with Crippen LogP contribution in [0.2, 0.25) is 0 Å². The van der Waals surface area contributed by atoms with Crippen LogP contribution in [0.3, 0.4) is 0 Å². The van der Waals surface area contributed by atoms with E-state index in [4.69, 9.17) is 4.55 Å². The van der Waals surface area contributed by atoms with Gasteiger partial charge in [-0.05, 0) is 25.5 Å². The average Bonchev–Trinajstić information content (AvgIpc) is 2.75. The molecule has 106 valence electrons. The van der Waals surface area contributed by atoms with E-state index in [0.29, 0.717) is 5.56 Å². The zero-order valence-electron chi connectivity index (χ0n) is 11.4. The lowest BCUT2D eigenvalue weighted by Gasteiger charge is -2.14. The summed E-state index contributed by atoms with van der Waals surface area (Å²) in [4.78, 5) is 4.38. The second-order valence-corrected chi connectivity index (χ2v) is 5.73. The van der Waals surface area contributed by atoms with Gasteiger partial charge in [0.05, 0.1) is 11.6 Å². The monoisotopic (exact) mass is 284 g/mol. The van der Waals surface area contributed by atoms with E-state index in [1.54, 1.807) is 25.1 Å². The van der Waals surface area contributed by atoms with Crippen LogP contribution in [0.25, 0.3) is 0 Å². The molecular formula is C13H20N2O3S. The molecule has 0 saturated carbocycles. The van der Waals surface area contributed by atoms with Crippen LogP contribution in [0, 0.1) is 6.92 Å². The minimum Gasteiger partial charge on any atom is -0.362 e. The van der Waals surface area contributed by atoms with Crippen molar-refractivity contribution in [1.82, 2.24) is 9.80 Å². The Hall–Kier alpha value is -1.53. The Morgan fingerprint density at radius 1 is 1.26 bits per heavy atom. The third kappa shape index (κ3) is 4.92. The van der Waals surface area contributed by atoms with Crippen LogP contribution in [0.5, 0.6) is 0 Å². The quantitative estimate of drug-likeness (QED) is 0.841. The van der Waals surface area contributed by atoms with Crippen molar-refractivity contribution in [2.24, 2.45) is 0 Å². The maximum Gasteiger partial charge on any atom is 0.294 e. The molecule has 0 atom stereocenters. The summed E-state index contributed by atoms with van der Waals surface area (Å²) in [6, 6.07) is 6.27. The molecule has 0 bridgehead atoms. The van der Waals surface area contributed by atoms with Gasteiger partial charge < -0.3 is 9.80 Å². The SMILES string of the molecule is CCN1C=CN(C)C1.Cc1ccccc1S(=O)(=O)O. The standard InChI is InChI=1S/C7H8O3S.C6H12N2/c1-6-4-2-3-5-7(6)11(8,9)10;1-3-8-5-4-7(2)6-8/h2-5H,1H3,(H,8,9,10);4-5H,3,6H2,1-2H3. The maximum absolute atomic E-state index is 10.6. The Labute approximate surface area is 114 Å². The van der Waals surface area contributed by atoms with E-state index in [1.165, 1.54) is 6.07 Å². The van der Waals surface area contributed by atoms with Crippen LogP contribution < -0.4 is 0 Å². The second-order valence-electron chi connectivity index (χ2n) is 4.34. The third-order valence-corrected chi connectivity index (χ3v) is 3.73. The summed E-state index contributed by atoms with van der Waals surface area (Å²) in [5.74, 6) is 0. The predicted octanol–water partition coefficient (Wildman–Crippen LogP) is 1.92. The lowest BCUT2D eigenvalue weighted by Crippen LogP contribution is -2.21. The molecule has 0 spiro atoms. The first-order valence-corrected chi connectivity index (χ1v) is 7.44. The van der Waals surface area contributed by atoms with Crippen LogP contribution in [0.1, 0.15) is 12.5 Å². The molecule has 2 rings (SSSR count).